The van der Waals surface area contributed by atoms with Crippen LogP contribution in [0.1, 0.15) is 30.6 Å². The lowest BCUT2D eigenvalue weighted by Gasteiger charge is -2.10. The van der Waals surface area contributed by atoms with Crippen LogP contribution in [0, 0.1) is 5.92 Å². The van der Waals surface area contributed by atoms with Crippen LogP contribution in [-0.2, 0) is 0 Å². The maximum Gasteiger partial charge on any atom is 0.175 e. The molecule has 1 atom stereocenters. The van der Waals surface area contributed by atoms with E-state index in [1.54, 1.807) is 0 Å². The van der Waals surface area contributed by atoms with E-state index in [0.717, 1.165) is 12.0 Å². The summed E-state index contributed by atoms with van der Waals surface area (Å²) in [6.07, 6.45) is 0.953. The van der Waals surface area contributed by atoms with E-state index in [-0.39, 0.29) is 9.71 Å². The van der Waals surface area contributed by atoms with Gasteiger partial charge in [0.25, 0.3) is 0 Å². The summed E-state index contributed by atoms with van der Waals surface area (Å²) in [6, 6.07) is 9.52. The summed E-state index contributed by atoms with van der Waals surface area (Å²) in [5, 5.41) is 0. The fraction of sp³-hybridized carbons (Fsp3) is 0.417. The Kier molecular flexibility index (Phi) is 4.58. The molecule has 2 heteroatoms. The van der Waals surface area contributed by atoms with E-state index in [1.807, 2.05) is 30.3 Å². The van der Waals surface area contributed by atoms with Crippen LogP contribution >= 0.6 is 22.6 Å². The Hall–Kier alpha value is -0.380. The van der Waals surface area contributed by atoms with Crippen molar-refractivity contribution in [2.24, 2.45) is 5.92 Å². The summed E-state index contributed by atoms with van der Waals surface area (Å²) in [6.45, 7) is 4.29. The zero-order valence-electron chi connectivity index (χ0n) is 8.53. The van der Waals surface area contributed by atoms with Crippen molar-refractivity contribution in [3.8, 4) is 0 Å². The largest absolute Gasteiger partial charge is 0.293 e. The van der Waals surface area contributed by atoms with Crippen LogP contribution in [0.4, 0.5) is 0 Å². The second kappa shape index (κ2) is 5.49. The topological polar surface area (TPSA) is 17.1 Å². The first-order valence-electron chi connectivity index (χ1n) is 4.84. The van der Waals surface area contributed by atoms with Gasteiger partial charge in [0, 0.05) is 5.56 Å². The minimum Gasteiger partial charge on any atom is -0.293 e. The zero-order valence-corrected chi connectivity index (χ0v) is 10.7. The molecule has 0 amide bonds. The number of ketones is 1. The molecule has 0 N–H and O–H groups in total. The number of hydrogen-bond acceptors (Lipinski definition) is 1. The monoisotopic (exact) mass is 302 g/mol. The standard InChI is InChI=1S/C12H15IO/c1-9(2)8-11(13)12(14)10-6-4-3-5-7-10/h3-7,9,11H,8H2,1-2H3. The molecule has 0 bridgehead atoms. The molecule has 1 rings (SSSR count). The molecule has 76 valence electrons. The first kappa shape index (κ1) is 11.7. The van der Waals surface area contributed by atoms with Gasteiger partial charge in [-0.05, 0) is 12.3 Å². The van der Waals surface area contributed by atoms with Gasteiger partial charge in [0.2, 0.25) is 0 Å². The first-order chi connectivity index (χ1) is 6.61. The quantitative estimate of drug-likeness (QED) is 0.471. The smallest absolute Gasteiger partial charge is 0.175 e. The SMILES string of the molecule is CC(C)CC(I)C(=O)c1ccccc1. The molecule has 0 heterocycles. The number of carbonyl (C=O) groups is 1. The lowest BCUT2D eigenvalue weighted by molar-refractivity contribution is 0.0988. The zero-order chi connectivity index (χ0) is 10.6. The molecule has 14 heavy (non-hydrogen) atoms. The summed E-state index contributed by atoms with van der Waals surface area (Å²) >= 11 is 2.24. The van der Waals surface area contributed by atoms with Crippen LogP contribution in [0.25, 0.3) is 0 Å². The third kappa shape index (κ3) is 3.40. The van der Waals surface area contributed by atoms with E-state index in [9.17, 15) is 4.79 Å². The highest BCUT2D eigenvalue weighted by atomic mass is 127. The summed E-state index contributed by atoms with van der Waals surface area (Å²) in [4.78, 5) is 11.9. The third-order valence-corrected chi connectivity index (χ3v) is 3.10. The normalized spacial score (nSPS) is 12.9. The summed E-state index contributed by atoms with van der Waals surface area (Å²) < 4.78 is 0.106. The second-order valence-corrected chi connectivity index (χ2v) is 5.33. The Morgan fingerprint density at radius 1 is 1.29 bits per heavy atom. The number of hydrogen-bond donors (Lipinski definition) is 0. The number of benzene rings is 1. The van der Waals surface area contributed by atoms with E-state index in [1.165, 1.54) is 0 Å². The third-order valence-electron chi connectivity index (χ3n) is 2.02. The molecule has 0 radical (unpaired) electrons. The van der Waals surface area contributed by atoms with Gasteiger partial charge in [-0.25, -0.2) is 0 Å². The first-order valence-corrected chi connectivity index (χ1v) is 6.09. The van der Waals surface area contributed by atoms with Crippen molar-refractivity contribution in [1.82, 2.24) is 0 Å². The number of rotatable bonds is 4. The number of Topliss-reactive ketones (excluding diaryl/α,β-unsaturated/α-hetero) is 1. The molecule has 0 spiro atoms. The van der Waals surface area contributed by atoms with E-state index in [2.05, 4.69) is 36.4 Å². The van der Waals surface area contributed by atoms with E-state index in [0.29, 0.717) is 5.92 Å². The van der Waals surface area contributed by atoms with Crippen molar-refractivity contribution < 1.29 is 4.79 Å². The van der Waals surface area contributed by atoms with E-state index < -0.39 is 0 Å². The van der Waals surface area contributed by atoms with Crippen LogP contribution in [0.15, 0.2) is 30.3 Å². The maximum absolute atomic E-state index is 11.9. The molecule has 1 unspecified atom stereocenters. The van der Waals surface area contributed by atoms with Gasteiger partial charge < -0.3 is 0 Å². The van der Waals surface area contributed by atoms with Crippen molar-refractivity contribution in [2.45, 2.75) is 24.2 Å². The lowest BCUT2D eigenvalue weighted by atomic mass is 10.0. The molecule has 1 aromatic rings. The van der Waals surface area contributed by atoms with Crippen molar-refractivity contribution in [3.05, 3.63) is 35.9 Å². The van der Waals surface area contributed by atoms with Crippen LogP contribution in [0.5, 0.6) is 0 Å². The van der Waals surface area contributed by atoms with Gasteiger partial charge in [0.1, 0.15) is 0 Å². The molecule has 1 nitrogen and oxygen atoms in total. The van der Waals surface area contributed by atoms with Crippen molar-refractivity contribution in [1.29, 1.82) is 0 Å². The van der Waals surface area contributed by atoms with Gasteiger partial charge in [0.05, 0.1) is 3.92 Å². The van der Waals surface area contributed by atoms with E-state index in [4.69, 9.17) is 0 Å². The summed E-state index contributed by atoms with van der Waals surface area (Å²) in [7, 11) is 0. The Labute approximate surface area is 99.0 Å². The van der Waals surface area contributed by atoms with Crippen molar-refractivity contribution >= 4 is 28.4 Å². The van der Waals surface area contributed by atoms with Crippen LogP contribution in [0.2, 0.25) is 0 Å². The minimum atomic E-state index is 0.106. The fourth-order valence-electron chi connectivity index (χ4n) is 1.30. The molecule has 0 aliphatic rings. The molecule has 0 aliphatic carbocycles. The Morgan fingerprint density at radius 3 is 2.36 bits per heavy atom. The van der Waals surface area contributed by atoms with Crippen LogP contribution < -0.4 is 0 Å². The predicted octanol–water partition coefficient (Wildman–Crippen LogP) is 3.72. The maximum atomic E-state index is 11.9. The van der Waals surface area contributed by atoms with Gasteiger partial charge in [0.15, 0.2) is 5.78 Å². The minimum absolute atomic E-state index is 0.106. The van der Waals surface area contributed by atoms with Gasteiger partial charge >= 0.3 is 0 Å². The highest BCUT2D eigenvalue weighted by Gasteiger charge is 2.17. The predicted molar refractivity (Wildman–Crippen MR) is 68.0 cm³/mol. The molecule has 0 aromatic heterocycles. The lowest BCUT2D eigenvalue weighted by Crippen LogP contribution is -2.16. The van der Waals surface area contributed by atoms with Crippen LogP contribution in [0.3, 0.4) is 0 Å². The fourth-order valence-corrected chi connectivity index (χ4v) is 2.68. The average molecular weight is 302 g/mol. The van der Waals surface area contributed by atoms with Gasteiger partial charge in [-0.15, -0.1) is 0 Å². The molecule has 0 saturated heterocycles. The molecular formula is C12H15IO. The van der Waals surface area contributed by atoms with Crippen molar-refractivity contribution in [2.75, 3.05) is 0 Å². The number of carbonyl (C=O) groups excluding carboxylic acids is 1. The number of halogens is 1. The second-order valence-electron chi connectivity index (χ2n) is 3.83. The highest BCUT2D eigenvalue weighted by molar-refractivity contribution is 14.1. The van der Waals surface area contributed by atoms with Gasteiger partial charge in [-0.1, -0.05) is 66.8 Å². The highest BCUT2D eigenvalue weighted by Crippen LogP contribution is 2.18. The summed E-state index contributed by atoms with van der Waals surface area (Å²) in [5.74, 6) is 0.824. The molecule has 1 aromatic carbocycles. The molecule has 0 fully saturated rings. The molecule has 0 aliphatic heterocycles. The van der Waals surface area contributed by atoms with Crippen LogP contribution in [-0.4, -0.2) is 9.71 Å². The Bertz CT molecular complexity index is 292. The van der Waals surface area contributed by atoms with E-state index >= 15 is 0 Å². The summed E-state index contributed by atoms with van der Waals surface area (Å²) in [5.41, 5.74) is 0.826. The average Bonchev–Trinajstić information content (AvgIpc) is 2.17. The number of alkyl halides is 1. The van der Waals surface area contributed by atoms with Crippen molar-refractivity contribution in [3.63, 3.8) is 0 Å². The van der Waals surface area contributed by atoms with Gasteiger partial charge in [-0.2, -0.15) is 0 Å². The Morgan fingerprint density at radius 2 is 1.86 bits per heavy atom. The molecular weight excluding hydrogens is 287 g/mol. The van der Waals surface area contributed by atoms with Gasteiger partial charge in [-0.3, -0.25) is 4.79 Å². The molecule has 0 saturated carbocycles. The Balaban J connectivity index is 2.66.